The number of aliphatic imine (C=N–C) groups is 1. The number of fused-ring (bicyclic) bond motifs is 1. The average molecular weight is 281 g/mol. The van der Waals surface area contributed by atoms with E-state index < -0.39 is 10.0 Å². The molecule has 104 valence electrons. The molecule has 1 N–H and O–H groups in total. The summed E-state index contributed by atoms with van der Waals surface area (Å²) in [7, 11) is -3.45. The molecule has 0 radical (unpaired) electrons. The molecule has 5 nitrogen and oxygen atoms in total. The molecule has 19 heavy (non-hydrogen) atoms. The first-order valence-electron chi connectivity index (χ1n) is 6.41. The summed E-state index contributed by atoms with van der Waals surface area (Å²) in [6.45, 7) is 6.16. The van der Waals surface area contributed by atoms with E-state index in [4.69, 9.17) is 0 Å². The fourth-order valence-electron chi connectivity index (χ4n) is 2.00. The minimum atomic E-state index is -3.45. The number of para-hydroxylation sites is 1. The van der Waals surface area contributed by atoms with E-state index in [1.54, 1.807) is 24.3 Å². The van der Waals surface area contributed by atoms with Crippen LogP contribution in [0.4, 0.5) is 5.69 Å². The Morgan fingerprint density at radius 3 is 2.84 bits per heavy atom. The first-order chi connectivity index (χ1) is 9.05. The average Bonchev–Trinajstić information content (AvgIpc) is 2.40. The highest BCUT2D eigenvalue weighted by Gasteiger charge is 2.28. The second-order valence-electron chi connectivity index (χ2n) is 4.70. The summed E-state index contributed by atoms with van der Waals surface area (Å²) in [6, 6.07) is 6.82. The van der Waals surface area contributed by atoms with Gasteiger partial charge in [-0.25, -0.2) is 13.4 Å². The van der Waals surface area contributed by atoms with Crippen molar-refractivity contribution in [2.45, 2.75) is 18.7 Å². The highest BCUT2D eigenvalue weighted by molar-refractivity contribution is 7.89. The van der Waals surface area contributed by atoms with Crippen molar-refractivity contribution in [3.8, 4) is 0 Å². The van der Waals surface area contributed by atoms with Crippen LogP contribution in [0.5, 0.6) is 0 Å². The summed E-state index contributed by atoms with van der Waals surface area (Å²) in [5, 5.41) is 3.22. The van der Waals surface area contributed by atoms with Gasteiger partial charge in [0.1, 0.15) is 11.2 Å². The van der Waals surface area contributed by atoms with E-state index in [0.717, 1.165) is 13.1 Å². The van der Waals surface area contributed by atoms with Crippen LogP contribution >= 0.6 is 0 Å². The Labute approximate surface area is 114 Å². The maximum atomic E-state index is 12.4. The van der Waals surface area contributed by atoms with E-state index in [0.29, 0.717) is 12.2 Å². The van der Waals surface area contributed by atoms with Crippen LogP contribution in [0.2, 0.25) is 0 Å². The summed E-state index contributed by atoms with van der Waals surface area (Å²) >= 11 is 0. The molecule has 1 aromatic carbocycles. The van der Waals surface area contributed by atoms with Gasteiger partial charge in [0.25, 0.3) is 10.0 Å². The van der Waals surface area contributed by atoms with Gasteiger partial charge in [0, 0.05) is 6.54 Å². The van der Waals surface area contributed by atoms with Crippen molar-refractivity contribution < 1.29 is 8.42 Å². The van der Waals surface area contributed by atoms with Gasteiger partial charge in [-0.15, -0.1) is 0 Å². The number of sulfonamides is 1. The van der Waals surface area contributed by atoms with Crippen LogP contribution < -0.4 is 5.32 Å². The largest absolute Gasteiger partial charge is 0.317 e. The van der Waals surface area contributed by atoms with E-state index in [9.17, 15) is 8.42 Å². The molecular weight excluding hydrogens is 262 g/mol. The van der Waals surface area contributed by atoms with E-state index in [1.165, 1.54) is 10.6 Å². The van der Waals surface area contributed by atoms with Gasteiger partial charge in [-0.3, -0.25) is 4.31 Å². The number of hydrogen-bond donors (Lipinski definition) is 1. The number of nitrogens with zero attached hydrogens (tertiary/aromatic N) is 2. The lowest BCUT2D eigenvalue weighted by molar-refractivity contribution is 0.433. The lowest BCUT2D eigenvalue weighted by atomic mass is 10.2. The van der Waals surface area contributed by atoms with Gasteiger partial charge >= 0.3 is 0 Å². The van der Waals surface area contributed by atoms with Crippen LogP contribution in [0.25, 0.3) is 0 Å². The van der Waals surface area contributed by atoms with Crippen molar-refractivity contribution in [3.05, 3.63) is 24.3 Å². The van der Waals surface area contributed by atoms with Gasteiger partial charge in [0.15, 0.2) is 0 Å². The summed E-state index contributed by atoms with van der Waals surface area (Å²) in [6.07, 6.45) is 1.42. The van der Waals surface area contributed by atoms with Crippen molar-refractivity contribution in [2.24, 2.45) is 10.9 Å². The van der Waals surface area contributed by atoms with Crippen LogP contribution in [-0.4, -0.2) is 38.7 Å². The molecule has 0 saturated heterocycles. The highest BCUT2D eigenvalue weighted by atomic mass is 32.2. The second-order valence-corrected chi connectivity index (χ2v) is 6.56. The highest BCUT2D eigenvalue weighted by Crippen LogP contribution is 2.29. The number of rotatable bonds is 5. The quantitative estimate of drug-likeness (QED) is 0.891. The van der Waals surface area contributed by atoms with E-state index in [1.807, 2.05) is 13.8 Å². The third-order valence-corrected chi connectivity index (χ3v) is 4.77. The molecule has 0 saturated carbocycles. The van der Waals surface area contributed by atoms with Gasteiger partial charge in [-0.2, -0.15) is 0 Å². The molecule has 0 aliphatic carbocycles. The molecule has 0 bridgehead atoms. The van der Waals surface area contributed by atoms with Crippen LogP contribution in [0.15, 0.2) is 34.2 Å². The third-order valence-electron chi connectivity index (χ3n) is 3.01. The minimum absolute atomic E-state index is 0.228. The Hall–Kier alpha value is -1.40. The molecule has 0 aromatic heterocycles. The Balaban J connectivity index is 2.18. The molecule has 1 aliphatic rings. The SMILES string of the molecule is CCNCC(C)CN1C=Nc2ccccc2S1(=O)=O. The molecule has 1 aliphatic heterocycles. The van der Waals surface area contributed by atoms with Gasteiger partial charge < -0.3 is 5.32 Å². The first-order valence-corrected chi connectivity index (χ1v) is 7.85. The van der Waals surface area contributed by atoms with Crippen molar-refractivity contribution in [3.63, 3.8) is 0 Å². The fourth-order valence-corrected chi connectivity index (χ4v) is 3.51. The predicted octanol–water partition coefficient (Wildman–Crippen LogP) is 1.60. The summed E-state index contributed by atoms with van der Waals surface area (Å²) < 4.78 is 26.2. The van der Waals surface area contributed by atoms with E-state index in [-0.39, 0.29) is 10.8 Å². The van der Waals surface area contributed by atoms with Gasteiger partial charge in [-0.1, -0.05) is 26.0 Å². The molecule has 0 amide bonds. The standard InChI is InChI=1S/C13H19N3O2S/c1-3-14-8-11(2)9-16-10-15-12-6-4-5-7-13(12)19(16,17)18/h4-7,10-11,14H,3,8-9H2,1-2H3. The van der Waals surface area contributed by atoms with Crippen LogP contribution in [0.1, 0.15) is 13.8 Å². The summed E-state index contributed by atoms with van der Waals surface area (Å²) in [4.78, 5) is 4.49. The van der Waals surface area contributed by atoms with Crippen LogP contribution in [-0.2, 0) is 10.0 Å². The summed E-state index contributed by atoms with van der Waals surface area (Å²) in [5.74, 6) is 0.228. The Kier molecular flexibility index (Phi) is 4.21. The van der Waals surface area contributed by atoms with E-state index in [2.05, 4.69) is 10.3 Å². The van der Waals surface area contributed by atoms with Crippen molar-refractivity contribution in [2.75, 3.05) is 19.6 Å². The Morgan fingerprint density at radius 1 is 1.37 bits per heavy atom. The molecule has 1 heterocycles. The minimum Gasteiger partial charge on any atom is -0.317 e. The first kappa shape index (κ1) is 14.0. The third kappa shape index (κ3) is 2.96. The maximum absolute atomic E-state index is 12.4. The molecule has 1 aromatic rings. The van der Waals surface area contributed by atoms with Crippen molar-refractivity contribution >= 4 is 22.0 Å². The second kappa shape index (κ2) is 5.71. The number of benzene rings is 1. The lowest BCUT2D eigenvalue weighted by Crippen LogP contribution is -2.38. The molecule has 0 fully saturated rings. The molecule has 1 unspecified atom stereocenters. The van der Waals surface area contributed by atoms with Crippen LogP contribution in [0.3, 0.4) is 0 Å². The Morgan fingerprint density at radius 2 is 2.11 bits per heavy atom. The zero-order valence-electron chi connectivity index (χ0n) is 11.2. The molecule has 1 atom stereocenters. The molecule has 2 rings (SSSR count). The van der Waals surface area contributed by atoms with Gasteiger partial charge in [0.2, 0.25) is 0 Å². The monoisotopic (exact) mass is 281 g/mol. The predicted molar refractivity (Wildman–Crippen MR) is 76.2 cm³/mol. The lowest BCUT2D eigenvalue weighted by Gasteiger charge is -2.26. The number of hydrogen-bond acceptors (Lipinski definition) is 4. The van der Waals surface area contributed by atoms with Crippen molar-refractivity contribution in [1.29, 1.82) is 0 Å². The van der Waals surface area contributed by atoms with Gasteiger partial charge in [0.05, 0.1) is 5.69 Å². The number of nitrogens with one attached hydrogen (secondary N) is 1. The topological polar surface area (TPSA) is 61.8 Å². The zero-order chi connectivity index (χ0) is 13.9. The smallest absolute Gasteiger partial charge is 0.267 e. The normalized spacial score (nSPS) is 18.1. The fraction of sp³-hybridized carbons (Fsp3) is 0.462. The van der Waals surface area contributed by atoms with E-state index >= 15 is 0 Å². The molecule has 0 spiro atoms. The molecule has 6 heteroatoms. The zero-order valence-corrected chi connectivity index (χ0v) is 12.0. The Bertz CT molecular complexity index is 569. The van der Waals surface area contributed by atoms with Crippen LogP contribution in [0, 0.1) is 5.92 Å². The molecular formula is C13H19N3O2S. The summed E-state index contributed by atoms with van der Waals surface area (Å²) in [5.41, 5.74) is 0.512. The van der Waals surface area contributed by atoms with Gasteiger partial charge in [-0.05, 0) is 31.1 Å². The maximum Gasteiger partial charge on any atom is 0.267 e. The van der Waals surface area contributed by atoms with Crippen molar-refractivity contribution in [1.82, 2.24) is 9.62 Å².